The fraction of sp³-hybridized carbons (Fsp3) is 0.519. The minimum atomic E-state index is -1.10. The van der Waals surface area contributed by atoms with E-state index in [1.165, 1.54) is 16.9 Å². The molecule has 0 radical (unpaired) electrons. The second-order valence-corrected chi connectivity index (χ2v) is 18.4. The predicted molar refractivity (Wildman–Crippen MR) is 279 cm³/mol. The van der Waals surface area contributed by atoms with Gasteiger partial charge in [-0.25, -0.2) is 19.0 Å². The number of hydrogen-bond donors (Lipinski definition) is 3. The van der Waals surface area contributed by atoms with Crippen molar-refractivity contribution in [2.45, 2.75) is 91.1 Å². The monoisotopic (exact) mass is 1020 g/mol. The standard InChI is InChI=1S/C22H23N7O2.C18H24N6O2.C11H18FN3O.CH4/c1-3-4-11-28-18-19(27-12-9-24-10-13-27)25-21(31-2)26-20(18)29(22(28)30)15-17-8-6-5-7-16(17)14-23;1-21-15-14(16(25)22(2)18(21)26)24(12-13-6-4-3-5-7-13)17(20-15)23-10-8-19-9-11-23;1-3-7(2)10(14)11(16)15-6-8(12)4-9(15)5-13;/h5-8,24H,9-13,15H2,1-2H3;3-7,14-15,19H,8-12H2,1-2H3;7-10H,3-4,6,14H2,1-2H3;1H4/t;;7-,8-,9-,10-;/m..0./s1. The van der Waals surface area contributed by atoms with Crippen molar-refractivity contribution in [3.63, 3.8) is 0 Å². The van der Waals surface area contributed by atoms with E-state index in [9.17, 15) is 28.8 Å². The maximum absolute atomic E-state index is 13.5. The molecule has 4 fully saturated rings. The number of carbonyl (C=O) groups is 3. The number of nitrogens with one attached hydrogen (secondary N) is 2. The van der Waals surface area contributed by atoms with E-state index in [1.54, 1.807) is 47.2 Å². The average molecular weight is 1020 g/mol. The molecule has 0 bridgehead atoms. The number of imide groups is 1. The summed E-state index contributed by atoms with van der Waals surface area (Å²) in [5.41, 5.74) is 9.02. The number of nitrogens with zero attached hydrogens (tertiary/aromatic N) is 13. The molecule has 4 N–H and O–H groups in total. The van der Waals surface area contributed by atoms with Crippen LogP contribution in [0.1, 0.15) is 57.7 Å². The fourth-order valence-electron chi connectivity index (χ4n) is 9.41. The van der Waals surface area contributed by atoms with E-state index in [2.05, 4.69) is 65.3 Å². The van der Waals surface area contributed by atoms with E-state index < -0.39 is 30.5 Å². The first kappa shape index (κ1) is 55.7. The lowest BCUT2D eigenvalue weighted by Crippen LogP contribution is -2.64. The number of aromatic nitrogens is 4. The highest BCUT2D eigenvalue weighted by molar-refractivity contribution is 6.03. The van der Waals surface area contributed by atoms with Gasteiger partial charge in [0.25, 0.3) is 5.91 Å². The molecule has 0 spiro atoms. The first-order valence-electron chi connectivity index (χ1n) is 24.6. The van der Waals surface area contributed by atoms with Crippen LogP contribution in [0.2, 0.25) is 0 Å². The number of amides is 4. The molecule has 22 heteroatoms. The molecule has 9 rings (SSSR count). The van der Waals surface area contributed by atoms with Gasteiger partial charge in [-0.05, 0) is 30.0 Å². The van der Waals surface area contributed by atoms with Crippen LogP contribution in [0, 0.1) is 40.4 Å². The van der Waals surface area contributed by atoms with E-state index in [-0.39, 0.29) is 68.9 Å². The van der Waals surface area contributed by atoms with Crippen molar-refractivity contribution in [2.24, 2.45) is 16.6 Å². The van der Waals surface area contributed by atoms with Crippen molar-refractivity contribution < 1.29 is 23.5 Å². The molecule has 7 heterocycles. The number of hydrogen-bond acceptors (Lipinski definition) is 16. The number of carbonyl (C=O) groups excluding carboxylic acids is 3. The number of likely N-dealkylation sites (N-methyl/N-ethyl adjacent to an activating group) is 2. The number of piperazine rings is 2. The second-order valence-electron chi connectivity index (χ2n) is 18.4. The summed E-state index contributed by atoms with van der Waals surface area (Å²) in [6.07, 6.45) is -0.676. The minimum Gasteiger partial charge on any atom is -0.467 e. The maximum Gasteiger partial charge on any atom is 0.331 e. The smallest absolute Gasteiger partial charge is 0.331 e. The van der Waals surface area contributed by atoms with E-state index in [0.29, 0.717) is 29.1 Å². The van der Waals surface area contributed by atoms with Gasteiger partial charge in [0.2, 0.25) is 5.91 Å². The summed E-state index contributed by atoms with van der Waals surface area (Å²) in [5.74, 6) is 6.86. The number of fused-ring (bicyclic) bond motifs is 2. The van der Waals surface area contributed by atoms with Gasteiger partial charge in [0.15, 0.2) is 29.6 Å². The minimum absolute atomic E-state index is 0. The lowest BCUT2D eigenvalue weighted by Gasteiger charge is -2.41. The van der Waals surface area contributed by atoms with Crippen LogP contribution in [-0.4, -0.2) is 178 Å². The molecule has 4 saturated heterocycles. The number of imidazole rings is 1. The van der Waals surface area contributed by atoms with Crippen molar-refractivity contribution in [2.75, 3.05) is 85.0 Å². The Hall–Kier alpha value is -7.58. The summed E-state index contributed by atoms with van der Waals surface area (Å²) >= 11 is 0. The highest BCUT2D eigenvalue weighted by Crippen LogP contribution is 2.31. The number of methoxy groups -OCH3 is 1. The first-order valence-corrected chi connectivity index (χ1v) is 24.6. The molecule has 394 valence electrons. The summed E-state index contributed by atoms with van der Waals surface area (Å²) in [4.78, 5) is 75.1. The summed E-state index contributed by atoms with van der Waals surface area (Å²) in [7, 11) is 4.77. The number of ether oxygens (including phenoxy) is 1. The van der Waals surface area contributed by atoms with Crippen LogP contribution in [0.25, 0.3) is 11.2 Å². The molecule has 74 heavy (non-hydrogen) atoms. The van der Waals surface area contributed by atoms with Crippen molar-refractivity contribution in [1.29, 1.82) is 10.5 Å². The van der Waals surface area contributed by atoms with Gasteiger partial charge < -0.3 is 45.6 Å². The molecular weight excluding hydrogens is 948 g/mol. The molecule has 2 aromatic carbocycles. The lowest BCUT2D eigenvalue weighted by molar-refractivity contribution is -0.136. The summed E-state index contributed by atoms with van der Waals surface area (Å²) in [6.45, 7) is 13.2. The summed E-state index contributed by atoms with van der Waals surface area (Å²) in [5, 5.41) is 25.0. The zero-order chi connectivity index (χ0) is 52.3. The lowest BCUT2D eigenvalue weighted by atomic mass is 9.99. The largest absolute Gasteiger partial charge is 0.467 e. The van der Waals surface area contributed by atoms with Gasteiger partial charge in [-0.2, -0.15) is 20.5 Å². The topological polar surface area (TPSA) is 243 Å². The Bertz CT molecular complexity index is 2860. The van der Waals surface area contributed by atoms with Gasteiger partial charge >= 0.3 is 17.7 Å². The van der Waals surface area contributed by atoms with Crippen molar-refractivity contribution in [3.8, 4) is 30.0 Å². The molecule has 2 unspecified atom stereocenters. The van der Waals surface area contributed by atoms with Gasteiger partial charge in [0.1, 0.15) is 17.7 Å². The number of benzene rings is 2. The summed E-state index contributed by atoms with van der Waals surface area (Å²) in [6, 6.07) is 19.6. The van der Waals surface area contributed by atoms with Crippen LogP contribution in [-0.2, 0) is 29.2 Å². The maximum atomic E-state index is 13.5. The SMILES string of the molecule is C.CC#CCn1c(=O)n(Cc2ccccc2C#N)c2nc(OC)nc(N3CCNCC3)c21.CC[C@H](C)[C@H](N)C(=O)N1C[C@@H](F)C[C@H]1C#N.CN1C(=O)C2C(N=C(N3CCNCC3)N2Cc2ccccc2)N(C)C1=O. The van der Waals surface area contributed by atoms with Crippen molar-refractivity contribution in [1.82, 2.24) is 54.2 Å². The Kier molecular flexibility index (Phi) is 19.1. The third kappa shape index (κ3) is 11.9. The molecule has 5 aliphatic heterocycles. The van der Waals surface area contributed by atoms with Crippen molar-refractivity contribution >= 4 is 40.8 Å². The van der Waals surface area contributed by atoms with Crippen LogP contribution in [0.3, 0.4) is 0 Å². The number of likely N-dealkylation sites (tertiary alicyclic amines) is 1. The summed E-state index contributed by atoms with van der Waals surface area (Å²) < 4.78 is 21.7. The number of anilines is 1. The molecule has 5 aliphatic rings. The zero-order valence-electron chi connectivity index (χ0n) is 42.4. The fourth-order valence-corrected chi connectivity index (χ4v) is 9.41. The number of halogens is 1. The molecular formula is C52H69FN16O5. The van der Waals surface area contributed by atoms with Gasteiger partial charge in [-0.3, -0.25) is 23.6 Å². The highest BCUT2D eigenvalue weighted by Gasteiger charge is 2.52. The van der Waals surface area contributed by atoms with Crippen LogP contribution in [0.15, 0.2) is 64.4 Å². The number of rotatable bonds is 10. The number of urea groups is 1. The molecule has 0 aliphatic carbocycles. The van der Waals surface area contributed by atoms with E-state index in [4.69, 9.17) is 20.7 Å². The van der Waals surface area contributed by atoms with E-state index in [0.717, 1.165) is 75.9 Å². The highest BCUT2D eigenvalue weighted by atomic mass is 19.1. The van der Waals surface area contributed by atoms with Crippen LogP contribution < -0.4 is 31.7 Å². The molecule has 4 amide bonds. The zero-order valence-corrected chi connectivity index (χ0v) is 42.4. The number of aliphatic imine (C=N–C) groups is 1. The average Bonchev–Trinajstić information content (AvgIpc) is 4.09. The van der Waals surface area contributed by atoms with E-state index >= 15 is 0 Å². The molecule has 6 atom stereocenters. The number of nitriles is 2. The number of guanidine groups is 1. The third-order valence-electron chi connectivity index (χ3n) is 13.8. The predicted octanol–water partition coefficient (Wildman–Crippen LogP) is 2.39. The van der Waals surface area contributed by atoms with Crippen molar-refractivity contribution in [3.05, 3.63) is 81.8 Å². The van der Waals surface area contributed by atoms with Gasteiger partial charge in [0.05, 0.1) is 50.5 Å². The Morgan fingerprint density at radius 2 is 1.58 bits per heavy atom. The van der Waals surface area contributed by atoms with Crippen LogP contribution >= 0.6 is 0 Å². The Balaban J connectivity index is 0.000000189. The number of alkyl halides is 1. The van der Waals surface area contributed by atoms with Gasteiger partial charge in [-0.15, -0.1) is 5.92 Å². The molecule has 0 saturated carbocycles. The van der Waals surface area contributed by atoms with Gasteiger partial charge in [0, 0.05) is 79.4 Å². The van der Waals surface area contributed by atoms with Crippen LogP contribution in [0.4, 0.5) is 15.0 Å². The Morgan fingerprint density at radius 3 is 2.20 bits per heavy atom. The second kappa shape index (κ2) is 25.4. The molecule has 4 aromatic rings. The Labute approximate surface area is 432 Å². The molecule has 21 nitrogen and oxygen atoms in total. The first-order chi connectivity index (χ1) is 35.3. The Morgan fingerprint density at radius 1 is 0.932 bits per heavy atom. The van der Waals surface area contributed by atoms with Gasteiger partial charge in [-0.1, -0.05) is 82.1 Å². The van der Waals surface area contributed by atoms with E-state index in [1.807, 2.05) is 50.2 Å². The molecule has 2 aromatic heterocycles. The van der Waals surface area contributed by atoms with Crippen LogP contribution in [0.5, 0.6) is 6.01 Å². The number of nitrogens with two attached hydrogens (primary N) is 1. The normalized spacial score (nSPS) is 21.1. The quantitative estimate of drug-likeness (QED) is 0.193. The third-order valence-corrected chi connectivity index (χ3v) is 13.8.